The molecule has 1 unspecified atom stereocenters. The first-order valence-electron chi connectivity index (χ1n) is 7.14. The van der Waals surface area contributed by atoms with E-state index in [0.717, 1.165) is 13.1 Å². The van der Waals surface area contributed by atoms with Gasteiger partial charge in [0.15, 0.2) is 0 Å². The molecule has 0 saturated carbocycles. The van der Waals surface area contributed by atoms with Gasteiger partial charge in [0.05, 0.1) is 35.0 Å². The van der Waals surface area contributed by atoms with Gasteiger partial charge in [-0.15, -0.1) is 0 Å². The van der Waals surface area contributed by atoms with Crippen LogP contribution in [0.1, 0.15) is 5.56 Å². The minimum atomic E-state index is -0.551. The Labute approximate surface area is 134 Å². The summed E-state index contributed by atoms with van der Waals surface area (Å²) in [6, 6.07) is 2.95. The molecule has 8 heteroatoms. The highest BCUT2D eigenvalue weighted by Gasteiger charge is 2.17. The Morgan fingerprint density at radius 3 is 2.82 bits per heavy atom. The highest BCUT2D eigenvalue weighted by atomic mass is 35.5. The van der Waals surface area contributed by atoms with Crippen LogP contribution in [0.15, 0.2) is 12.1 Å². The van der Waals surface area contributed by atoms with Gasteiger partial charge >= 0.3 is 0 Å². The van der Waals surface area contributed by atoms with Crippen LogP contribution in [-0.2, 0) is 4.74 Å². The lowest BCUT2D eigenvalue weighted by Gasteiger charge is -2.28. The van der Waals surface area contributed by atoms with Crippen molar-refractivity contribution in [3.63, 3.8) is 0 Å². The quantitative estimate of drug-likeness (QED) is 0.609. The number of morpholine rings is 1. The van der Waals surface area contributed by atoms with Crippen LogP contribution in [0.3, 0.4) is 0 Å². The van der Waals surface area contributed by atoms with E-state index in [2.05, 4.69) is 10.2 Å². The highest BCUT2D eigenvalue weighted by Crippen LogP contribution is 2.30. The molecule has 7 nitrogen and oxygen atoms in total. The molecule has 1 aromatic rings. The van der Waals surface area contributed by atoms with E-state index in [-0.39, 0.29) is 10.7 Å². The molecule has 1 heterocycles. The third-order valence-corrected chi connectivity index (χ3v) is 3.90. The summed E-state index contributed by atoms with van der Waals surface area (Å²) in [6.45, 7) is 5.54. The van der Waals surface area contributed by atoms with Gasteiger partial charge in [-0.2, -0.15) is 0 Å². The van der Waals surface area contributed by atoms with Crippen LogP contribution in [-0.4, -0.2) is 60.4 Å². The van der Waals surface area contributed by atoms with Crippen LogP contribution >= 0.6 is 11.6 Å². The molecule has 0 aliphatic carbocycles. The van der Waals surface area contributed by atoms with E-state index in [1.54, 1.807) is 13.0 Å². The van der Waals surface area contributed by atoms with Crippen molar-refractivity contribution >= 4 is 23.0 Å². The number of nitrogens with one attached hydrogen (secondary N) is 1. The number of β-amino-alcohol motifs (C(OH)–C–C–N with tert-alkyl or cyclic N) is 1. The van der Waals surface area contributed by atoms with Gasteiger partial charge < -0.3 is 15.2 Å². The Kier molecular flexibility index (Phi) is 5.96. The predicted octanol–water partition coefficient (Wildman–Crippen LogP) is 1.66. The highest BCUT2D eigenvalue weighted by molar-refractivity contribution is 6.33. The van der Waals surface area contributed by atoms with E-state index in [1.165, 1.54) is 6.07 Å². The number of rotatable bonds is 6. The van der Waals surface area contributed by atoms with Gasteiger partial charge in [0.25, 0.3) is 5.69 Å². The Morgan fingerprint density at radius 1 is 1.50 bits per heavy atom. The van der Waals surface area contributed by atoms with Crippen LogP contribution in [0.2, 0.25) is 5.02 Å². The molecule has 1 fully saturated rings. The Balaban J connectivity index is 1.90. The van der Waals surface area contributed by atoms with Gasteiger partial charge in [-0.25, -0.2) is 0 Å². The molecule has 22 heavy (non-hydrogen) atoms. The molecule has 0 spiro atoms. The van der Waals surface area contributed by atoms with Crippen LogP contribution in [0.25, 0.3) is 0 Å². The number of halogens is 1. The standard InChI is InChI=1S/C14H20ClN3O4/c1-10-6-13(12(15)7-14(10)18(20)21)16-8-11(19)9-17-2-4-22-5-3-17/h6-7,11,16,19H,2-5,8-9H2,1H3. The second-order valence-corrected chi connectivity index (χ2v) is 5.73. The molecule has 2 rings (SSSR count). The third kappa shape index (κ3) is 4.54. The second kappa shape index (κ2) is 7.73. The van der Waals surface area contributed by atoms with E-state index in [0.29, 0.717) is 37.6 Å². The molecule has 122 valence electrons. The first-order valence-corrected chi connectivity index (χ1v) is 7.51. The lowest BCUT2D eigenvalue weighted by molar-refractivity contribution is -0.385. The van der Waals surface area contributed by atoms with Crippen LogP contribution in [0.5, 0.6) is 0 Å². The molecule has 1 saturated heterocycles. The Bertz CT molecular complexity index is 535. The van der Waals surface area contributed by atoms with Gasteiger partial charge in [0.2, 0.25) is 0 Å². The average Bonchev–Trinajstić information content (AvgIpc) is 2.48. The number of benzene rings is 1. The fourth-order valence-electron chi connectivity index (χ4n) is 2.38. The third-order valence-electron chi connectivity index (χ3n) is 3.58. The topological polar surface area (TPSA) is 87.9 Å². The van der Waals surface area contributed by atoms with Crippen molar-refractivity contribution in [3.05, 3.63) is 32.8 Å². The number of aryl methyl sites for hydroxylation is 1. The number of aliphatic hydroxyl groups is 1. The summed E-state index contributed by atoms with van der Waals surface area (Å²) in [6.07, 6.45) is -0.551. The number of nitro groups is 1. The number of nitrogens with zero attached hydrogens (tertiary/aromatic N) is 2. The molecule has 0 radical (unpaired) electrons. The SMILES string of the molecule is Cc1cc(NCC(O)CN2CCOCC2)c(Cl)cc1[N+](=O)[O-]. The maximum Gasteiger partial charge on any atom is 0.273 e. The number of aliphatic hydroxyl groups excluding tert-OH is 1. The van der Waals surface area contributed by atoms with E-state index in [9.17, 15) is 15.2 Å². The van der Waals surface area contributed by atoms with Gasteiger partial charge in [0.1, 0.15) is 0 Å². The molecule has 0 aromatic heterocycles. The monoisotopic (exact) mass is 329 g/mol. The number of hydrogen-bond donors (Lipinski definition) is 2. The Hall–Kier alpha value is -1.41. The number of ether oxygens (including phenoxy) is 1. The summed E-state index contributed by atoms with van der Waals surface area (Å²) in [5.41, 5.74) is 1.11. The molecule has 1 aromatic carbocycles. The first kappa shape index (κ1) is 17.0. The summed E-state index contributed by atoms with van der Waals surface area (Å²) in [7, 11) is 0. The van der Waals surface area contributed by atoms with E-state index in [4.69, 9.17) is 16.3 Å². The normalized spacial score (nSPS) is 17.2. The lowest BCUT2D eigenvalue weighted by Crippen LogP contribution is -2.42. The van der Waals surface area contributed by atoms with Gasteiger partial charge in [-0.3, -0.25) is 15.0 Å². The fraction of sp³-hybridized carbons (Fsp3) is 0.571. The van der Waals surface area contributed by atoms with E-state index >= 15 is 0 Å². The predicted molar refractivity (Wildman–Crippen MR) is 84.6 cm³/mol. The van der Waals surface area contributed by atoms with Crippen molar-refractivity contribution in [3.8, 4) is 0 Å². The molecule has 0 amide bonds. The largest absolute Gasteiger partial charge is 0.390 e. The van der Waals surface area contributed by atoms with Crippen LogP contribution in [0.4, 0.5) is 11.4 Å². The summed E-state index contributed by atoms with van der Waals surface area (Å²) in [5.74, 6) is 0. The second-order valence-electron chi connectivity index (χ2n) is 5.32. The van der Waals surface area contributed by atoms with Crippen LogP contribution in [0, 0.1) is 17.0 Å². The minimum Gasteiger partial charge on any atom is -0.390 e. The van der Waals surface area contributed by atoms with Crippen molar-refractivity contribution in [2.45, 2.75) is 13.0 Å². The zero-order chi connectivity index (χ0) is 16.1. The van der Waals surface area contributed by atoms with Crippen molar-refractivity contribution in [1.82, 2.24) is 4.90 Å². The van der Waals surface area contributed by atoms with Gasteiger partial charge in [-0.1, -0.05) is 11.6 Å². The molecular formula is C14H20ClN3O4. The summed E-state index contributed by atoms with van der Waals surface area (Å²) < 4.78 is 5.26. The van der Waals surface area contributed by atoms with Crippen LogP contribution < -0.4 is 5.32 Å². The van der Waals surface area contributed by atoms with Gasteiger partial charge in [0, 0.05) is 37.8 Å². The fourth-order valence-corrected chi connectivity index (χ4v) is 2.60. The van der Waals surface area contributed by atoms with E-state index < -0.39 is 11.0 Å². The van der Waals surface area contributed by atoms with Crippen molar-refractivity contribution < 1.29 is 14.8 Å². The van der Waals surface area contributed by atoms with Crippen molar-refractivity contribution in [2.24, 2.45) is 0 Å². The molecule has 1 aliphatic heterocycles. The maximum atomic E-state index is 10.8. The lowest BCUT2D eigenvalue weighted by atomic mass is 10.1. The molecule has 0 bridgehead atoms. The smallest absolute Gasteiger partial charge is 0.273 e. The van der Waals surface area contributed by atoms with Crippen molar-refractivity contribution in [1.29, 1.82) is 0 Å². The van der Waals surface area contributed by atoms with Gasteiger partial charge in [-0.05, 0) is 13.0 Å². The maximum absolute atomic E-state index is 10.8. The zero-order valence-electron chi connectivity index (χ0n) is 12.4. The first-order chi connectivity index (χ1) is 10.5. The summed E-state index contributed by atoms with van der Waals surface area (Å²) in [5, 5.41) is 24.2. The molecule has 2 N–H and O–H groups in total. The zero-order valence-corrected chi connectivity index (χ0v) is 13.2. The summed E-state index contributed by atoms with van der Waals surface area (Å²) in [4.78, 5) is 12.5. The molecular weight excluding hydrogens is 310 g/mol. The van der Waals surface area contributed by atoms with Crippen molar-refractivity contribution in [2.75, 3.05) is 44.7 Å². The number of nitro benzene ring substituents is 1. The molecule has 1 aliphatic rings. The average molecular weight is 330 g/mol. The van der Waals surface area contributed by atoms with E-state index in [1.807, 2.05) is 0 Å². The Morgan fingerprint density at radius 2 is 2.18 bits per heavy atom. The summed E-state index contributed by atoms with van der Waals surface area (Å²) >= 11 is 6.05. The minimum absolute atomic E-state index is 0.00980. The number of hydrogen-bond acceptors (Lipinski definition) is 6. The molecule has 1 atom stereocenters. The number of anilines is 1.